The number of carbonyl (C=O) groups is 1. The van der Waals surface area contributed by atoms with E-state index in [1.807, 2.05) is 47.6 Å². The second kappa shape index (κ2) is 7.57. The van der Waals surface area contributed by atoms with Gasteiger partial charge >= 0.3 is 0 Å². The van der Waals surface area contributed by atoms with E-state index in [1.54, 1.807) is 17.2 Å². The average Bonchev–Trinajstić information content (AvgIpc) is 3.13. The summed E-state index contributed by atoms with van der Waals surface area (Å²) in [6.07, 6.45) is 7.87. The van der Waals surface area contributed by atoms with Crippen LogP contribution in [0.25, 0.3) is 5.69 Å². The van der Waals surface area contributed by atoms with E-state index in [1.165, 1.54) is 5.69 Å². The zero-order valence-electron chi connectivity index (χ0n) is 15.3. The Kier molecular flexibility index (Phi) is 4.82. The molecule has 1 aliphatic heterocycles. The second-order valence-corrected chi connectivity index (χ2v) is 6.68. The molecular weight excluding hydrogens is 340 g/mol. The van der Waals surface area contributed by atoms with E-state index in [9.17, 15) is 4.79 Å². The molecule has 0 radical (unpaired) electrons. The molecule has 1 aromatic carbocycles. The van der Waals surface area contributed by atoms with Crippen molar-refractivity contribution in [3.05, 3.63) is 66.5 Å². The van der Waals surface area contributed by atoms with Crippen molar-refractivity contribution >= 4 is 11.6 Å². The number of rotatable bonds is 3. The summed E-state index contributed by atoms with van der Waals surface area (Å²) in [5.41, 5.74) is 3.84. The van der Waals surface area contributed by atoms with E-state index in [0.717, 1.165) is 37.3 Å². The molecule has 0 spiro atoms. The predicted octanol–water partition coefficient (Wildman–Crippen LogP) is 2.32. The van der Waals surface area contributed by atoms with Gasteiger partial charge in [-0.2, -0.15) is 0 Å². The summed E-state index contributed by atoms with van der Waals surface area (Å²) in [7, 11) is 0. The van der Waals surface area contributed by atoms with Crippen LogP contribution in [0.4, 0.5) is 5.69 Å². The third kappa shape index (κ3) is 3.53. The van der Waals surface area contributed by atoms with Crippen LogP contribution >= 0.6 is 0 Å². The van der Waals surface area contributed by atoms with E-state index < -0.39 is 0 Å². The molecule has 0 aliphatic carbocycles. The fourth-order valence-electron chi connectivity index (χ4n) is 3.56. The predicted molar refractivity (Wildman–Crippen MR) is 103 cm³/mol. The van der Waals surface area contributed by atoms with E-state index >= 15 is 0 Å². The number of hydrogen-bond acceptors (Lipinski definition) is 5. The zero-order valence-corrected chi connectivity index (χ0v) is 15.3. The molecule has 0 saturated carbocycles. The molecule has 3 heterocycles. The highest BCUT2D eigenvalue weighted by atomic mass is 16.2. The van der Waals surface area contributed by atoms with Gasteiger partial charge in [-0.3, -0.25) is 14.3 Å². The fourth-order valence-corrected chi connectivity index (χ4v) is 3.56. The Hall–Kier alpha value is -3.22. The molecule has 0 atom stereocenters. The van der Waals surface area contributed by atoms with Gasteiger partial charge in [0.2, 0.25) is 0 Å². The third-order valence-electron chi connectivity index (χ3n) is 4.95. The minimum absolute atomic E-state index is 0.0487. The topological polar surface area (TPSA) is 67.2 Å². The summed E-state index contributed by atoms with van der Waals surface area (Å²) in [5.74, 6) is 0.0487. The largest absolute Gasteiger partial charge is 0.369 e. The number of para-hydroxylation sites is 1. The van der Waals surface area contributed by atoms with Crippen LogP contribution in [0.1, 0.15) is 22.3 Å². The number of pyridine rings is 1. The first-order chi connectivity index (χ1) is 13.2. The highest BCUT2D eigenvalue weighted by Crippen LogP contribution is 2.22. The molecule has 0 bridgehead atoms. The lowest BCUT2D eigenvalue weighted by Crippen LogP contribution is -2.35. The van der Waals surface area contributed by atoms with Gasteiger partial charge in [-0.25, -0.2) is 0 Å². The van der Waals surface area contributed by atoms with E-state index in [2.05, 4.69) is 27.0 Å². The highest BCUT2D eigenvalue weighted by Gasteiger charge is 2.23. The second-order valence-electron chi connectivity index (χ2n) is 6.68. The van der Waals surface area contributed by atoms with Crippen molar-refractivity contribution in [1.29, 1.82) is 0 Å². The molecule has 1 fully saturated rings. The molecule has 3 aromatic rings. The molecule has 7 heteroatoms. The van der Waals surface area contributed by atoms with Gasteiger partial charge < -0.3 is 9.80 Å². The molecular formula is C20H22N6O. The number of nitrogens with zero attached hydrogens (tertiary/aromatic N) is 6. The Morgan fingerprint density at radius 2 is 1.78 bits per heavy atom. The number of aromatic nitrogens is 4. The zero-order chi connectivity index (χ0) is 18.6. The SMILES string of the molecule is Cc1cnccc1N1CCCN(C(=O)c2ccccc2-n2cnnc2)CC1. The van der Waals surface area contributed by atoms with Crippen molar-refractivity contribution in [2.75, 3.05) is 31.1 Å². The molecule has 1 amide bonds. The van der Waals surface area contributed by atoms with Crippen LogP contribution in [0.2, 0.25) is 0 Å². The number of amides is 1. The quantitative estimate of drug-likeness (QED) is 0.715. The van der Waals surface area contributed by atoms with Crippen molar-refractivity contribution < 1.29 is 4.79 Å². The minimum atomic E-state index is 0.0487. The van der Waals surface area contributed by atoms with Crippen LogP contribution < -0.4 is 4.90 Å². The summed E-state index contributed by atoms with van der Waals surface area (Å²) in [5, 5.41) is 7.71. The average molecular weight is 362 g/mol. The third-order valence-corrected chi connectivity index (χ3v) is 4.95. The number of hydrogen-bond donors (Lipinski definition) is 0. The first-order valence-electron chi connectivity index (χ1n) is 9.13. The molecule has 27 heavy (non-hydrogen) atoms. The van der Waals surface area contributed by atoms with Crippen molar-refractivity contribution in [3.8, 4) is 5.69 Å². The summed E-state index contributed by atoms with van der Waals surface area (Å²) >= 11 is 0. The first kappa shape index (κ1) is 17.2. The van der Waals surface area contributed by atoms with Crippen molar-refractivity contribution in [2.45, 2.75) is 13.3 Å². The molecule has 2 aromatic heterocycles. The lowest BCUT2D eigenvalue weighted by atomic mass is 10.1. The van der Waals surface area contributed by atoms with Crippen molar-refractivity contribution in [2.24, 2.45) is 0 Å². The van der Waals surface area contributed by atoms with Gasteiger partial charge in [0.15, 0.2) is 0 Å². The van der Waals surface area contributed by atoms with Crippen molar-refractivity contribution in [1.82, 2.24) is 24.6 Å². The number of carbonyl (C=O) groups excluding carboxylic acids is 1. The molecule has 7 nitrogen and oxygen atoms in total. The monoisotopic (exact) mass is 362 g/mol. The minimum Gasteiger partial charge on any atom is -0.369 e. The van der Waals surface area contributed by atoms with E-state index in [4.69, 9.17) is 0 Å². The summed E-state index contributed by atoms with van der Waals surface area (Å²) in [6, 6.07) is 9.65. The van der Waals surface area contributed by atoms with Gasteiger partial charge in [-0.05, 0) is 37.1 Å². The lowest BCUT2D eigenvalue weighted by molar-refractivity contribution is 0.0767. The van der Waals surface area contributed by atoms with Gasteiger partial charge in [-0.15, -0.1) is 10.2 Å². The van der Waals surface area contributed by atoms with Crippen LogP contribution in [0.5, 0.6) is 0 Å². The van der Waals surface area contributed by atoms with Crippen LogP contribution in [-0.2, 0) is 0 Å². The Morgan fingerprint density at radius 1 is 0.963 bits per heavy atom. The summed E-state index contributed by atoms with van der Waals surface area (Å²) in [4.78, 5) is 21.7. The Bertz CT molecular complexity index is 924. The van der Waals surface area contributed by atoms with Gasteiger partial charge in [0.1, 0.15) is 12.7 Å². The van der Waals surface area contributed by atoms with Crippen LogP contribution in [0.3, 0.4) is 0 Å². The molecule has 0 N–H and O–H groups in total. The fraction of sp³-hybridized carbons (Fsp3) is 0.300. The number of benzene rings is 1. The van der Waals surface area contributed by atoms with Crippen LogP contribution in [0, 0.1) is 6.92 Å². The van der Waals surface area contributed by atoms with Gasteiger partial charge in [0.25, 0.3) is 5.91 Å². The summed E-state index contributed by atoms with van der Waals surface area (Å²) in [6.45, 7) is 5.26. The normalized spacial score (nSPS) is 14.9. The summed E-state index contributed by atoms with van der Waals surface area (Å²) < 4.78 is 1.78. The highest BCUT2D eigenvalue weighted by molar-refractivity contribution is 5.97. The van der Waals surface area contributed by atoms with Crippen LogP contribution in [-0.4, -0.2) is 56.7 Å². The Balaban J connectivity index is 1.54. The molecule has 138 valence electrons. The van der Waals surface area contributed by atoms with E-state index in [-0.39, 0.29) is 5.91 Å². The number of aryl methyl sites for hydroxylation is 1. The van der Waals surface area contributed by atoms with Gasteiger partial charge in [0.05, 0.1) is 11.3 Å². The lowest BCUT2D eigenvalue weighted by Gasteiger charge is -2.25. The molecule has 1 saturated heterocycles. The number of anilines is 1. The maximum atomic E-state index is 13.2. The van der Waals surface area contributed by atoms with Crippen molar-refractivity contribution in [3.63, 3.8) is 0 Å². The Labute approximate surface area is 158 Å². The van der Waals surface area contributed by atoms with E-state index in [0.29, 0.717) is 12.1 Å². The maximum absolute atomic E-state index is 13.2. The first-order valence-corrected chi connectivity index (χ1v) is 9.13. The maximum Gasteiger partial charge on any atom is 0.256 e. The standard InChI is InChI=1S/C20H22N6O/c1-16-13-21-8-7-18(16)24-9-4-10-25(12-11-24)20(27)17-5-2-3-6-19(17)26-14-22-23-15-26/h2-3,5-8,13-15H,4,9-12H2,1H3. The van der Waals surface area contributed by atoms with Gasteiger partial charge in [-0.1, -0.05) is 12.1 Å². The smallest absolute Gasteiger partial charge is 0.256 e. The van der Waals surface area contributed by atoms with Crippen LogP contribution in [0.15, 0.2) is 55.4 Å². The van der Waals surface area contributed by atoms with Gasteiger partial charge in [0, 0.05) is 44.3 Å². The molecule has 0 unspecified atom stereocenters. The Morgan fingerprint density at radius 3 is 2.59 bits per heavy atom. The molecule has 1 aliphatic rings. The molecule has 4 rings (SSSR count).